The minimum absolute atomic E-state index is 0.140. The van der Waals surface area contributed by atoms with Crippen LogP contribution in [-0.2, 0) is 5.60 Å². The van der Waals surface area contributed by atoms with E-state index in [1.807, 2.05) is 60.8 Å². The predicted octanol–water partition coefficient (Wildman–Crippen LogP) is 2.36. The van der Waals surface area contributed by atoms with E-state index in [9.17, 15) is 5.11 Å². The van der Waals surface area contributed by atoms with Gasteiger partial charge < -0.3 is 15.8 Å². The summed E-state index contributed by atoms with van der Waals surface area (Å²) in [6.07, 6.45) is 1.87. The molecule has 3 rings (SSSR count). The fraction of sp³-hybridized carbons (Fsp3) is 0.125. The average Bonchev–Trinajstić information content (AvgIpc) is 2.95. The van der Waals surface area contributed by atoms with Crippen molar-refractivity contribution in [1.82, 2.24) is 4.98 Å². The van der Waals surface area contributed by atoms with Crippen molar-refractivity contribution < 1.29 is 5.11 Å². The third-order valence-corrected chi connectivity index (χ3v) is 3.59. The second-order valence-electron chi connectivity index (χ2n) is 4.67. The van der Waals surface area contributed by atoms with E-state index in [1.165, 1.54) is 0 Å². The molecule has 3 heteroatoms. The third-order valence-electron chi connectivity index (χ3n) is 3.59. The fourth-order valence-corrected chi connectivity index (χ4v) is 2.54. The molecule has 3 nitrogen and oxygen atoms in total. The Labute approximate surface area is 111 Å². The molecule has 1 aromatic heterocycles. The largest absolute Gasteiger partial charge is 0.379 e. The van der Waals surface area contributed by atoms with E-state index in [0.717, 1.165) is 22.0 Å². The predicted molar refractivity (Wildman–Crippen MR) is 76.8 cm³/mol. The van der Waals surface area contributed by atoms with Crippen molar-refractivity contribution in [3.05, 3.63) is 71.9 Å². The zero-order valence-corrected chi connectivity index (χ0v) is 10.5. The van der Waals surface area contributed by atoms with Crippen LogP contribution in [-0.4, -0.2) is 16.6 Å². The Morgan fingerprint density at radius 3 is 2.53 bits per heavy atom. The summed E-state index contributed by atoms with van der Waals surface area (Å²) in [6, 6.07) is 17.4. The molecule has 1 unspecified atom stereocenters. The summed E-state index contributed by atoms with van der Waals surface area (Å²) >= 11 is 0. The van der Waals surface area contributed by atoms with Gasteiger partial charge in [0.1, 0.15) is 5.60 Å². The van der Waals surface area contributed by atoms with E-state index in [1.54, 1.807) is 0 Å². The first-order valence-corrected chi connectivity index (χ1v) is 6.30. The lowest BCUT2D eigenvalue weighted by Crippen LogP contribution is -2.36. The van der Waals surface area contributed by atoms with Crippen LogP contribution in [0.4, 0.5) is 0 Å². The number of H-pyrrole nitrogens is 1. The first-order chi connectivity index (χ1) is 9.25. The van der Waals surface area contributed by atoms with Crippen molar-refractivity contribution in [2.75, 3.05) is 6.54 Å². The van der Waals surface area contributed by atoms with Gasteiger partial charge in [-0.25, -0.2) is 0 Å². The Morgan fingerprint density at radius 1 is 1.00 bits per heavy atom. The quantitative estimate of drug-likeness (QED) is 0.670. The van der Waals surface area contributed by atoms with Crippen molar-refractivity contribution in [1.29, 1.82) is 0 Å². The molecular weight excluding hydrogens is 236 g/mol. The Bertz CT molecular complexity index is 690. The van der Waals surface area contributed by atoms with Crippen molar-refractivity contribution in [3.63, 3.8) is 0 Å². The van der Waals surface area contributed by atoms with Gasteiger partial charge in [-0.2, -0.15) is 0 Å². The van der Waals surface area contributed by atoms with Crippen LogP contribution in [0, 0.1) is 0 Å². The van der Waals surface area contributed by atoms with E-state index in [2.05, 4.69) is 4.98 Å². The molecule has 0 saturated carbocycles. The van der Waals surface area contributed by atoms with Gasteiger partial charge in [-0.3, -0.25) is 0 Å². The summed E-state index contributed by atoms with van der Waals surface area (Å²) in [7, 11) is 0. The summed E-state index contributed by atoms with van der Waals surface area (Å²) in [5, 5.41) is 12.0. The van der Waals surface area contributed by atoms with Crippen LogP contribution in [0.25, 0.3) is 10.9 Å². The van der Waals surface area contributed by atoms with Crippen LogP contribution >= 0.6 is 0 Å². The molecule has 0 aliphatic carbocycles. The second-order valence-corrected chi connectivity index (χ2v) is 4.67. The van der Waals surface area contributed by atoms with Crippen LogP contribution in [0.15, 0.2) is 60.8 Å². The van der Waals surface area contributed by atoms with Crippen LogP contribution < -0.4 is 5.73 Å². The molecule has 2 aromatic carbocycles. The van der Waals surface area contributed by atoms with E-state index in [4.69, 9.17) is 5.73 Å². The van der Waals surface area contributed by atoms with Gasteiger partial charge in [-0.1, -0.05) is 42.5 Å². The highest BCUT2D eigenvalue weighted by atomic mass is 16.3. The standard InChI is InChI=1S/C16H16N2O/c17-11-16(19,12-5-2-1-3-6-12)14-7-4-8-15-13(14)9-10-18-15/h1-10,18-19H,11,17H2. The Balaban J connectivity index is 2.25. The summed E-state index contributed by atoms with van der Waals surface area (Å²) in [4.78, 5) is 3.16. The van der Waals surface area contributed by atoms with E-state index in [0.29, 0.717) is 0 Å². The van der Waals surface area contributed by atoms with Gasteiger partial charge in [0.15, 0.2) is 0 Å². The number of benzene rings is 2. The van der Waals surface area contributed by atoms with Gasteiger partial charge >= 0.3 is 0 Å². The molecule has 0 aliphatic heterocycles. The van der Waals surface area contributed by atoms with E-state index in [-0.39, 0.29) is 6.54 Å². The van der Waals surface area contributed by atoms with Crippen molar-refractivity contribution in [2.24, 2.45) is 5.73 Å². The fourth-order valence-electron chi connectivity index (χ4n) is 2.54. The number of fused-ring (bicyclic) bond motifs is 1. The van der Waals surface area contributed by atoms with E-state index < -0.39 is 5.60 Å². The molecule has 19 heavy (non-hydrogen) atoms. The Kier molecular flexibility index (Phi) is 2.85. The van der Waals surface area contributed by atoms with Gasteiger partial charge in [0.2, 0.25) is 0 Å². The summed E-state index contributed by atoms with van der Waals surface area (Å²) in [6.45, 7) is 0.140. The summed E-state index contributed by atoms with van der Waals surface area (Å²) in [5.74, 6) is 0. The highest BCUT2D eigenvalue weighted by molar-refractivity contribution is 5.84. The first-order valence-electron chi connectivity index (χ1n) is 6.30. The van der Waals surface area contributed by atoms with Crippen LogP contribution in [0.3, 0.4) is 0 Å². The molecule has 4 N–H and O–H groups in total. The molecular formula is C16H16N2O. The smallest absolute Gasteiger partial charge is 0.127 e. The molecule has 0 amide bonds. The lowest BCUT2D eigenvalue weighted by molar-refractivity contribution is 0.0918. The highest BCUT2D eigenvalue weighted by Gasteiger charge is 2.31. The zero-order chi connectivity index (χ0) is 13.3. The van der Waals surface area contributed by atoms with Crippen LogP contribution in [0.1, 0.15) is 11.1 Å². The maximum atomic E-state index is 11.0. The molecule has 0 bridgehead atoms. The summed E-state index contributed by atoms with van der Waals surface area (Å²) < 4.78 is 0. The molecule has 3 aromatic rings. The monoisotopic (exact) mass is 252 g/mol. The van der Waals surface area contributed by atoms with E-state index >= 15 is 0 Å². The molecule has 0 radical (unpaired) electrons. The SMILES string of the molecule is NCC(O)(c1ccccc1)c1cccc2[nH]ccc12. The van der Waals surface area contributed by atoms with Crippen molar-refractivity contribution in [3.8, 4) is 0 Å². The number of rotatable bonds is 3. The van der Waals surface area contributed by atoms with Gasteiger partial charge in [0.05, 0.1) is 0 Å². The van der Waals surface area contributed by atoms with Crippen LogP contribution in [0.5, 0.6) is 0 Å². The Hall–Kier alpha value is -2.10. The highest BCUT2D eigenvalue weighted by Crippen LogP contribution is 2.33. The average molecular weight is 252 g/mol. The second kappa shape index (κ2) is 4.53. The van der Waals surface area contributed by atoms with Crippen molar-refractivity contribution >= 4 is 10.9 Å². The maximum Gasteiger partial charge on any atom is 0.127 e. The molecule has 1 heterocycles. The Morgan fingerprint density at radius 2 is 1.79 bits per heavy atom. The summed E-state index contributed by atoms with van der Waals surface area (Å²) in [5.41, 5.74) is 7.35. The minimum atomic E-state index is -1.16. The number of hydrogen-bond donors (Lipinski definition) is 3. The minimum Gasteiger partial charge on any atom is -0.379 e. The number of nitrogens with one attached hydrogen (secondary N) is 1. The molecule has 0 aliphatic rings. The van der Waals surface area contributed by atoms with Crippen LogP contribution in [0.2, 0.25) is 0 Å². The normalized spacial score (nSPS) is 14.4. The van der Waals surface area contributed by atoms with Gasteiger partial charge in [-0.15, -0.1) is 0 Å². The molecule has 1 atom stereocenters. The molecule has 0 fully saturated rings. The number of aliphatic hydroxyl groups is 1. The lowest BCUT2D eigenvalue weighted by atomic mass is 9.84. The molecule has 96 valence electrons. The van der Waals surface area contributed by atoms with Gasteiger partial charge in [0, 0.05) is 23.6 Å². The number of aromatic amines is 1. The van der Waals surface area contributed by atoms with Gasteiger partial charge in [-0.05, 0) is 23.3 Å². The zero-order valence-electron chi connectivity index (χ0n) is 10.5. The maximum absolute atomic E-state index is 11.0. The van der Waals surface area contributed by atoms with Crippen molar-refractivity contribution in [2.45, 2.75) is 5.60 Å². The molecule has 0 saturated heterocycles. The number of nitrogens with two attached hydrogens (primary N) is 1. The third kappa shape index (κ3) is 1.84. The lowest BCUT2D eigenvalue weighted by Gasteiger charge is -2.28. The first kappa shape index (κ1) is 12.0. The molecule has 0 spiro atoms. The van der Waals surface area contributed by atoms with Gasteiger partial charge in [0.25, 0.3) is 0 Å². The number of hydrogen-bond acceptors (Lipinski definition) is 2. The number of aromatic nitrogens is 1. The topological polar surface area (TPSA) is 62.0 Å².